The molecule has 3 rings (SSSR count). The maximum absolute atomic E-state index is 13.5. The van der Waals surface area contributed by atoms with Crippen LogP contribution in [0.25, 0.3) is 27.9 Å². The molecular weight excluding hydrogens is 405 g/mol. The van der Waals surface area contributed by atoms with Gasteiger partial charge in [-0.3, -0.25) is 9.79 Å². The van der Waals surface area contributed by atoms with Crippen LogP contribution in [0.5, 0.6) is 0 Å². The number of hydrogen-bond donors (Lipinski definition) is 3. The summed E-state index contributed by atoms with van der Waals surface area (Å²) >= 11 is 0. The van der Waals surface area contributed by atoms with Crippen molar-refractivity contribution in [3.05, 3.63) is 66.1 Å². The van der Waals surface area contributed by atoms with E-state index in [1.54, 1.807) is 24.4 Å². The second-order valence-corrected chi connectivity index (χ2v) is 7.54. The number of aliphatic imine (C=N–C) groups is 1. The van der Waals surface area contributed by atoms with Gasteiger partial charge in [0.2, 0.25) is 5.91 Å². The SMILES string of the molecule is C=N/C=C\C(=C/C)c1c(-c2ccc(F)cc2)[nH]c2nc(NC(=O)C(C)CCCN)ccc12. The first-order valence-corrected chi connectivity index (χ1v) is 10.6. The lowest BCUT2D eigenvalue weighted by Crippen LogP contribution is -2.21. The molecule has 166 valence electrons. The highest BCUT2D eigenvalue weighted by molar-refractivity contribution is 6.02. The topological polar surface area (TPSA) is 96.2 Å². The molecule has 1 amide bonds. The molecule has 2 aromatic heterocycles. The molecule has 1 atom stereocenters. The van der Waals surface area contributed by atoms with Gasteiger partial charge in [0.1, 0.15) is 17.3 Å². The number of carbonyl (C=O) groups is 1. The molecule has 2 heterocycles. The Bertz CT molecular complexity index is 1160. The fourth-order valence-electron chi connectivity index (χ4n) is 3.54. The quantitative estimate of drug-likeness (QED) is 0.316. The number of amides is 1. The van der Waals surface area contributed by atoms with Crippen LogP contribution in [-0.4, -0.2) is 29.1 Å². The Labute approximate surface area is 187 Å². The molecule has 3 aromatic rings. The number of benzene rings is 1. The molecule has 4 N–H and O–H groups in total. The number of anilines is 1. The zero-order valence-corrected chi connectivity index (χ0v) is 18.4. The van der Waals surface area contributed by atoms with Crippen LogP contribution in [0.2, 0.25) is 0 Å². The van der Waals surface area contributed by atoms with Crippen LogP contribution < -0.4 is 11.1 Å². The maximum atomic E-state index is 13.5. The van der Waals surface area contributed by atoms with Crippen LogP contribution in [0.1, 0.15) is 32.3 Å². The van der Waals surface area contributed by atoms with Gasteiger partial charge >= 0.3 is 0 Å². The zero-order valence-electron chi connectivity index (χ0n) is 18.4. The maximum Gasteiger partial charge on any atom is 0.228 e. The van der Waals surface area contributed by atoms with Gasteiger partial charge in [0.15, 0.2) is 0 Å². The molecular formula is C25H28FN5O. The minimum atomic E-state index is -0.305. The number of halogens is 1. The van der Waals surface area contributed by atoms with Crippen molar-refractivity contribution in [1.82, 2.24) is 9.97 Å². The number of allylic oxidation sites excluding steroid dienone is 3. The lowest BCUT2D eigenvalue weighted by molar-refractivity contribution is -0.119. The summed E-state index contributed by atoms with van der Waals surface area (Å²) in [6.45, 7) is 7.87. The summed E-state index contributed by atoms with van der Waals surface area (Å²) in [5.74, 6) is -0.0904. The third-order valence-electron chi connectivity index (χ3n) is 5.29. The van der Waals surface area contributed by atoms with E-state index in [0.29, 0.717) is 18.0 Å². The van der Waals surface area contributed by atoms with Crippen molar-refractivity contribution in [2.75, 3.05) is 11.9 Å². The van der Waals surface area contributed by atoms with Gasteiger partial charge in [0.25, 0.3) is 0 Å². The molecule has 0 aliphatic heterocycles. The molecule has 1 aromatic carbocycles. The number of fused-ring (bicyclic) bond motifs is 1. The fourth-order valence-corrected chi connectivity index (χ4v) is 3.54. The number of hydrogen-bond acceptors (Lipinski definition) is 4. The number of pyridine rings is 1. The van der Waals surface area contributed by atoms with E-state index in [1.807, 2.05) is 32.1 Å². The Morgan fingerprint density at radius 1 is 1.31 bits per heavy atom. The van der Waals surface area contributed by atoms with Crippen molar-refractivity contribution in [1.29, 1.82) is 0 Å². The Balaban J connectivity index is 2.06. The molecule has 7 heteroatoms. The lowest BCUT2D eigenvalue weighted by atomic mass is 9.98. The second kappa shape index (κ2) is 10.6. The van der Waals surface area contributed by atoms with Crippen LogP contribution in [-0.2, 0) is 4.79 Å². The number of nitrogens with zero attached hydrogens (tertiary/aromatic N) is 2. The first-order chi connectivity index (χ1) is 15.5. The largest absolute Gasteiger partial charge is 0.339 e. The zero-order chi connectivity index (χ0) is 23.1. The van der Waals surface area contributed by atoms with Crippen molar-refractivity contribution in [3.8, 4) is 11.3 Å². The molecule has 0 saturated carbocycles. The Morgan fingerprint density at radius 3 is 2.72 bits per heavy atom. The van der Waals surface area contributed by atoms with Crippen LogP contribution in [0.4, 0.5) is 10.2 Å². The summed E-state index contributed by atoms with van der Waals surface area (Å²) in [4.78, 5) is 24.3. The van der Waals surface area contributed by atoms with E-state index in [4.69, 9.17) is 5.73 Å². The molecule has 1 unspecified atom stereocenters. The van der Waals surface area contributed by atoms with Crippen LogP contribution in [0.15, 0.2) is 59.7 Å². The Hall–Kier alpha value is -3.58. The van der Waals surface area contributed by atoms with Crippen LogP contribution in [0.3, 0.4) is 0 Å². The van der Waals surface area contributed by atoms with Gasteiger partial charge in [0, 0.05) is 23.1 Å². The molecule has 0 radical (unpaired) electrons. The summed E-state index contributed by atoms with van der Waals surface area (Å²) in [5, 5.41) is 3.76. The molecule has 0 aliphatic rings. The smallest absolute Gasteiger partial charge is 0.228 e. The normalized spacial score (nSPS) is 12.9. The van der Waals surface area contributed by atoms with Crippen LogP contribution in [0, 0.1) is 11.7 Å². The third-order valence-corrected chi connectivity index (χ3v) is 5.29. The number of aromatic amines is 1. The van der Waals surface area contributed by atoms with E-state index in [1.165, 1.54) is 12.1 Å². The van der Waals surface area contributed by atoms with Crippen LogP contribution >= 0.6 is 0 Å². The number of carbonyl (C=O) groups excluding carboxylic acids is 1. The number of H-pyrrole nitrogens is 1. The van der Waals surface area contributed by atoms with E-state index in [-0.39, 0.29) is 17.6 Å². The average molecular weight is 434 g/mol. The summed E-state index contributed by atoms with van der Waals surface area (Å²) in [5.41, 5.74) is 9.61. The van der Waals surface area contributed by atoms with Gasteiger partial charge in [-0.15, -0.1) is 0 Å². The third kappa shape index (κ3) is 5.18. The van der Waals surface area contributed by atoms with E-state index < -0.39 is 0 Å². The summed E-state index contributed by atoms with van der Waals surface area (Å²) in [6.07, 6.45) is 6.96. The van der Waals surface area contributed by atoms with Gasteiger partial charge in [-0.25, -0.2) is 9.37 Å². The lowest BCUT2D eigenvalue weighted by Gasteiger charge is -2.11. The highest BCUT2D eigenvalue weighted by Crippen LogP contribution is 2.36. The van der Waals surface area contributed by atoms with E-state index in [9.17, 15) is 9.18 Å². The molecule has 0 fully saturated rings. The summed E-state index contributed by atoms with van der Waals surface area (Å²) in [7, 11) is 0. The number of nitrogens with two attached hydrogens (primary N) is 1. The average Bonchev–Trinajstić information content (AvgIpc) is 3.17. The minimum Gasteiger partial charge on any atom is -0.339 e. The molecule has 32 heavy (non-hydrogen) atoms. The fraction of sp³-hybridized carbons (Fsp3) is 0.240. The van der Waals surface area contributed by atoms with Gasteiger partial charge in [0.05, 0.1) is 5.69 Å². The van der Waals surface area contributed by atoms with Crippen molar-refractivity contribution < 1.29 is 9.18 Å². The standard InChI is InChI=1S/C25H28FN5O/c1-4-17(13-15-28-3)22-20-11-12-21(30-25(32)16(2)6-5-14-27)29-24(20)31-23(22)18-7-9-19(26)10-8-18/h4,7-13,15-16H,3,5-6,14,27H2,1-2H3,(H2,29,30,31,32)/b15-13-,17-4+. The molecule has 0 aliphatic carbocycles. The van der Waals surface area contributed by atoms with E-state index >= 15 is 0 Å². The van der Waals surface area contributed by atoms with Crippen molar-refractivity contribution in [3.63, 3.8) is 0 Å². The second-order valence-electron chi connectivity index (χ2n) is 7.54. The summed E-state index contributed by atoms with van der Waals surface area (Å²) in [6, 6.07) is 9.97. The van der Waals surface area contributed by atoms with Gasteiger partial charge in [-0.2, -0.15) is 0 Å². The Kier molecular flexibility index (Phi) is 7.68. The monoisotopic (exact) mass is 433 g/mol. The summed E-state index contributed by atoms with van der Waals surface area (Å²) < 4.78 is 13.5. The number of nitrogens with one attached hydrogen (secondary N) is 2. The predicted molar refractivity (Wildman–Crippen MR) is 130 cm³/mol. The van der Waals surface area contributed by atoms with E-state index in [0.717, 1.165) is 40.6 Å². The first kappa shape index (κ1) is 23.1. The van der Waals surface area contributed by atoms with Gasteiger partial charge < -0.3 is 16.0 Å². The number of rotatable bonds is 9. The highest BCUT2D eigenvalue weighted by atomic mass is 19.1. The van der Waals surface area contributed by atoms with Crippen molar-refractivity contribution in [2.45, 2.75) is 26.7 Å². The van der Waals surface area contributed by atoms with Gasteiger partial charge in [-0.05, 0) is 86.6 Å². The van der Waals surface area contributed by atoms with E-state index in [2.05, 4.69) is 27.0 Å². The first-order valence-electron chi connectivity index (χ1n) is 10.6. The molecule has 0 bridgehead atoms. The molecule has 0 spiro atoms. The predicted octanol–water partition coefficient (Wildman–Crippen LogP) is 5.30. The number of aromatic nitrogens is 2. The molecule has 0 saturated heterocycles. The molecule has 6 nitrogen and oxygen atoms in total. The Morgan fingerprint density at radius 2 is 2.06 bits per heavy atom. The van der Waals surface area contributed by atoms with Crippen molar-refractivity contribution in [2.24, 2.45) is 16.6 Å². The minimum absolute atomic E-state index is 0.0926. The van der Waals surface area contributed by atoms with Gasteiger partial charge in [-0.1, -0.05) is 13.0 Å². The van der Waals surface area contributed by atoms with Crippen molar-refractivity contribution >= 4 is 35.0 Å². The highest BCUT2D eigenvalue weighted by Gasteiger charge is 2.18.